The second-order valence-electron chi connectivity index (χ2n) is 13.5. The Kier molecular flexibility index (Phi) is 12.4. The Morgan fingerprint density at radius 3 is 0.923 bits per heavy atom. The normalized spacial score (nSPS) is 17.0. The van der Waals surface area contributed by atoms with E-state index < -0.39 is 0 Å². The molecule has 0 aliphatic heterocycles. The smallest absolute Gasteiger partial charge is 0.0152 e. The first kappa shape index (κ1) is 33.6. The van der Waals surface area contributed by atoms with Crippen molar-refractivity contribution in [1.29, 1.82) is 0 Å². The average molecular weight is 533 g/mol. The number of hydrogen-bond acceptors (Lipinski definition) is 0. The molecule has 6 unspecified atom stereocenters. The van der Waals surface area contributed by atoms with Gasteiger partial charge in [0.1, 0.15) is 0 Å². The lowest BCUT2D eigenvalue weighted by Gasteiger charge is -2.38. The first-order valence-corrected chi connectivity index (χ1v) is 16.7. The molecule has 0 heterocycles. The van der Waals surface area contributed by atoms with Crippen molar-refractivity contribution in [2.24, 2.45) is 0 Å². The molecule has 2 aromatic rings. The molecule has 2 rings (SSSR count). The van der Waals surface area contributed by atoms with Gasteiger partial charge >= 0.3 is 0 Å². The fourth-order valence-electron chi connectivity index (χ4n) is 6.82. The lowest BCUT2D eigenvalue weighted by atomic mass is 9.65. The van der Waals surface area contributed by atoms with Gasteiger partial charge in [0, 0.05) is 5.41 Å². The highest BCUT2D eigenvalue weighted by Crippen LogP contribution is 2.48. The molecular formula is C39H64. The van der Waals surface area contributed by atoms with Gasteiger partial charge in [-0.05, 0) is 119 Å². The van der Waals surface area contributed by atoms with Crippen LogP contribution in [-0.2, 0) is 5.41 Å². The van der Waals surface area contributed by atoms with Gasteiger partial charge in [-0.15, -0.1) is 0 Å². The van der Waals surface area contributed by atoms with E-state index >= 15 is 0 Å². The summed E-state index contributed by atoms with van der Waals surface area (Å²) in [5.74, 6) is 3.44. The molecule has 0 aliphatic carbocycles. The standard InChI is InChI=1S/C39H64/c1-15-25(7)31-21-23-33(37(29(11)19-5)35(31)27(9)17-3)39(13,14)34-24-22-32(26(8)16-2)36(28(10)18-4)38(34)30(12)20-6/h21-30H,15-20H2,1-14H3. The van der Waals surface area contributed by atoms with Crippen LogP contribution in [0.4, 0.5) is 0 Å². The third kappa shape index (κ3) is 6.68. The highest BCUT2D eigenvalue weighted by Gasteiger charge is 2.35. The quantitative estimate of drug-likeness (QED) is 0.227. The molecule has 0 amide bonds. The average Bonchev–Trinajstić information content (AvgIpc) is 2.96. The Hall–Kier alpha value is -1.56. The zero-order valence-electron chi connectivity index (χ0n) is 28.5. The molecule has 0 aliphatic rings. The molecule has 0 heteroatoms. The second-order valence-corrected chi connectivity index (χ2v) is 13.5. The summed E-state index contributed by atoms with van der Waals surface area (Å²) in [7, 11) is 0. The maximum Gasteiger partial charge on any atom is 0.0152 e. The predicted octanol–water partition coefficient (Wildman–Crippen LogP) is 13.1. The van der Waals surface area contributed by atoms with E-state index in [1.54, 1.807) is 44.5 Å². The molecule has 0 radical (unpaired) electrons. The molecule has 2 aromatic carbocycles. The van der Waals surface area contributed by atoms with Crippen molar-refractivity contribution in [3.8, 4) is 0 Å². The maximum atomic E-state index is 2.54. The van der Waals surface area contributed by atoms with E-state index in [2.05, 4.69) is 121 Å². The van der Waals surface area contributed by atoms with Crippen LogP contribution in [0.2, 0.25) is 0 Å². The monoisotopic (exact) mass is 533 g/mol. The summed E-state index contributed by atoms with van der Waals surface area (Å²) in [5.41, 5.74) is 12.9. The Morgan fingerprint density at radius 2 is 0.667 bits per heavy atom. The molecule has 0 saturated heterocycles. The number of rotatable bonds is 14. The van der Waals surface area contributed by atoms with Crippen molar-refractivity contribution in [2.75, 3.05) is 0 Å². The summed E-state index contributed by atoms with van der Waals surface area (Å²) in [6, 6.07) is 10.1. The zero-order valence-corrected chi connectivity index (χ0v) is 28.5. The molecule has 6 atom stereocenters. The van der Waals surface area contributed by atoms with Crippen LogP contribution in [0.25, 0.3) is 0 Å². The van der Waals surface area contributed by atoms with Crippen LogP contribution < -0.4 is 0 Å². The highest BCUT2D eigenvalue weighted by atomic mass is 14.4. The minimum Gasteiger partial charge on any atom is -0.0648 e. The third-order valence-corrected chi connectivity index (χ3v) is 10.7. The van der Waals surface area contributed by atoms with E-state index in [-0.39, 0.29) is 5.41 Å². The van der Waals surface area contributed by atoms with Crippen LogP contribution in [0, 0.1) is 0 Å². The van der Waals surface area contributed by atoms with Gasteiger partial charge in [-0.25, -0.2) is 0 Å². The van der Waals surface area contributed by atoms with Crippen LogP contribution in [0.3, 0.4) is 0 Å². The Balaban J connectivity index is 3.08. The van der Waals surface area contributed by atoms with Gasteiger partial charge in [0.2, 0.25) is 0 Å². The second kappa shape index (κ2) is 14.4. The summed E-state index contributed by atoms with van der Waals surface area (Å²) in [6.45, 7) is 34.0. The molecule has 0 saturated carbocycles. The zero-order chi connectivity index (χ0) is 29.7. The molecule has 0 aromatic heterocycles. The van der Waals surface area contributed by atoms with Crippen LogP contribution >= 0.6 is 0 Å². The van der Waals surface area contributed by atoms with E-state index in [9.17, 15) is 0 Å². The van der Waals surface area contributed by atoms with E-state index in [1.165, 1.54) is 38.5 Å². The summed E-state index contributed by atoms with van der Waals surface area (Å²) in [6.07, 6.45) is 7.13. The first-order chi connectivity index (χ1) is 18.4. The van der Waals surface area contributed by atoms with E-state index in [1.807, 2.05) is 0 Å². The lowest BCUT2D eigenvalue weighted by Crippen LogP contribution is -2.27. The van der Waals surface area contributed by atoms with Crippen molar-refractivity contribution >= 4 is 0 Å². The fraction of sp³-hybridized carbons (Fsp3) is 0.692. The van der Waals surface area contributed by atoms with Crippen molar-refractivity contribution in [2.45, 2.75) is 176 Å². The molecule has 0 nitrogen and oxygen atoms in total. The molecule has 0 fully saturated rings. The van der Waals surface area contributed by atoms with Crippen LogP contribution in [-0.4, -0.2) is 0 Å². The van der Waals surface area contributed by atoms with Gasteiger partial charge < -0.3 is 0 Å². The van der Waals surface area contributed by atoms with E-state index in [0.717, 1.165) is 0 Å². The highest BCUT2D eigenvalue weighted by molar-refractivity contribution is 5.57. The predicted molar refractivity (Wildman–Crippen MR) is 177 cm³/mol. The summed E-state index contributed by atoms with van der Waals surface area (Å²) >= 11 is 0. The Morgan fingerprint density at radius 1 is 0.410 bits per heavy atom. The lowest BCUT2D eigenvalue weighted by molar-refractivity contribution is 0.567. The van der Waals surface area contributed by atoms with Gasteiger partial charge in [0.05, 0.1) is 0 Å². The van der Waals surface area contributed by atoms with Crippen LogP contribution in [0.1, 0.15) is 215 Å². The topological polar surface area (TPSA) is 0 Å². The summed E-state index contributed by atoms with van der Waals surface area (Å²) in [5, 5.41) is 0. The van der Waals surface area contributed by atoms with Gasteiger partial charge in [-0.3, -0.25) is 0 Å². The van der Waals surface area contributed by atoms with E-state index in [0.29, 0.717) is 35.5 Å². The van der Waals surface area contributed by atoms with Gasteiger partial charge in [0.15, 0.2) is 0 Å². The molecule has 0 N–H and O–H groups in total. The Labute approximate surface area is 244 Å². The minimum absolute atomic E-state index is 0.0656. The molecule has 0 bridgehead atoms. The van der Waals surface area contributed by atoms with Crippen molar-refractivity contribution in [1.82, 2.24) is 0 Å². The maximum absolute atomic E-state index is 2.54. The SMILES string of the molecule is CCC(C)c1ccc(C(C)(C)c2ccc(C(C)CC)c(C(C)CC)c2C(C)CC)c(C(C)CC)c1C(C)CC. The van der Waals surface area contributed by atoms with Gasteiger partial charge in [0.25, 0.3) is 0 Å². The fourth-order valence-corrected chi connectivity index (χ4v) is 6.82. The van der Waals surface area contributed by atoms with Crippen LogP contribution in [0.5, 0.6) is 0 Å². The van der Waals surface area contributed by atoms with Gasteiger partial charge in [-0.2, -0.15) is 0 Å². The van der Waals surface area contributed by atoms with E-state index in [4.69, 9.17) is 0 Å². The molecule has 0 spiro atoms. The number of benzene rings is 2. The Bertz CT molecular complexity index is 971. The largest absolute Gasteiger partial charge is 0.0648 e. The molecule has 220 valence electrons. The van der Waals surface area contributed by atoms with Gasteiger partial charge in [-0.1, -0.05) is 121 Å². The summed E-state index contributed by atoms with van der Waals surface area (Å²) < 4.78 is 0. The summed E-state index contributed by atoms with van der Waals surface area (Å²) in [4.78, 5) is 0. The molecule has 39 heavy (non-hydrogen) atoms. The first-order valence-electron chi connectivity index (χ1n) is 16.7. The van der Waals surface area contributed by atoms with Crippen LogP contribution in [0.15, 0.2) is 24.3 Å². The van der Waals surface area contributed by atoms with Crippen molar-refractivity contribution < 1.29 is 0 Å². The molecular weight excluding hydrogens is 468 g/mol. The third-order valence-electron chi connectivity index (χ3n) is 10.7. The van der Waals surface area contributed by atoms with Crippen molar-refractivity contribution in [3.05, 3.63) is 68.8 Å². The minimum atomic E-state index is -0.0656. The number of hydrogen-bond donors (Lipinski definition) is 0. The van der Waals surface area contributed by atoms with Crippen molar-refractivity contribution in [3.63, 3.8) is 0 Å².